The highest BCUT2D eigenvalue weighted by atomic mass is 32.1. The zero-order valence-corrected chi connectivity index (χ0v) is 12.0. The Labute approximate surface area is 116 Å². The molecule has 1 aliphatic heterocycles. The number of nitrogens with two attached hydrogens (primary N) is 1. The van der Waals surface area contributed by atoms with E-state index in [0.29, 0.717) is 11.7 Å². The topological polar surface area (TPSA) is 77.7 Å². The number of rotatable bonds is 4. The van der Waals surface area contributed by atoms with Crippen molar-refractivity contribution in [2.45, 2.75) is 25.9 Å². The van der Waals surface area contributed by atoms with Crippen molar-refractivity contribution >= 4 is 28.3 Å². The lowest BCUT2D eigenvalue weighted by Crippen LogP contribution is -2.37. The van der Waals surface area contributed by atoms with E-state index in [1.54, 1.807) is 0 Å². The molecular weight excluding hydrogens is 266 g/mol. The smallest absolute Gasteiger partial charge is 0.344 e. The van der Waals surface area contributed by atoms with Crippen LogP contribution in [0.4, 0.5) is 10.8 Å². The molecule has 0 saturated carbocycles. The maximum Gasteiger partial charge on any atom is 0.344 e. The Kier molecular flexibility index (Phi) is 4.60. The van der Waals surface area contributed by atoms with Crippen LogP contribution in [0.15, 0.2) is 0 Å². The number of anilines is 2. The van der Waals surface area contributed by atoms with Gasteiger partial charge in [0, 0.05) is 19.7 Å². The number of ether oxygens (including phenoxy) is 2. The summed E-state index contributed by atoms with van der Waals surface area (Å²) in [5, 5.41) is 0.805. The lowest BCUT2D eigenvalue weighted by Gasteiger charge is -2.32. The zero-order chi connectivity index (χ0) is 13.8. The minimum Gasteiger partial charge on any atom is -0.465 e. The van der Waals surface area contributed by atoms with Crippen LogP contribution in [0.25, 0.3) is 0 Å². The van der Waals surface area contributed by atoms with Gasteiger partial charge in [-0.05, 0) is 31.3 Å². The molecule has 1 fully saturated rings. The van der Waals surface area contributed by atoms with Gasteiger partial charge >= 0.3 is 5.97 Å². The average Bonchev–Trinajstić information content (AvgIpc) is 2.81. The minimum absolute atomic E-state index is 0.249. The monoisotopic (exact) mass is 285 g/mol. The molecule has 0 unspecified atom stereocenters. The van der Waals surface area contributed by atoms with Crippen LogP contribution < -0.4 is 10.6 Å². The van der Waals surface area contributed by atoms with Crippen LogP contribution in [0, 0.1) is 0 Å². The molecule has 7 heteroatoms. The highest BCUT2D eigenvalue weighted by molar-refractivity contribution is 7.11. The third-order valence-corrected chi connectivity index (χ3v) is 4.14. The molecule has 2 heterocycles. The van der Waals surface area contributed by atoms with Gasteiger partial charge < -0.3 is 20.1 Å². The van der Waals surface area contributed by atoms with Crippen LogP contribution in [0.2, 0.25) is 0 Å². The Balaban J connectivity index is 2.09. The summed E-state index contributed by atoms with van der Waals surface area (Å²) < 4.78 is 14.4. The summed E-state index contributed by atoms with van der Waals surface area (Å²) in [4.78, 5) is 13.9. The summed E-state index contributed by atoms with van der Waals surface area (Å²) in [6, 6.07) is 0. The normalized spacial score (nSPS) is 16.6. The summed E-state index contributed by atoms with van der Waals surface area (Å²) in [7, 11) is 1.35. The van der Waals surface area contributed by atoms with Gasteiger partial charge in [0.05, 0.1) is 13.2 Å². The molecule has 0 aromatic carbocycles. The van der Waals surface area contributed by atoms with E-state index in [1.807, 2.05) is 6.92 Å². The second-order valence-electron chi connectivity index (χ2n) is 4.38. The minimum atomic E-state index is -0.423. The van der Waals surface area contributed by atoms with Gasteiger partial charge in [0.25, 0.3) is 0 Å². The van der Waals surface area contributed by atoms with Crippen molar-refractivity contribution in [3.8, 4) is 0 Å². The molecule has 2 N–H and O–H groups in total. The lowest BCUT2D eigenvalue weighted by molar-refractivity contribution is 0.0459. The number of methoxy groups -OCH3 is 1. The summed E-state index contributed by atoms with van der Waals surface area (Å²) in [5.41, 5.74) is 6.14. The number of carbonyl (C=O) groups is 1. The number of esters is 1. The first-order valence-corrected chi connectivity index (χ1v) is 7.14. The number of hydrogen-bond donors (Lipinski definition) is 1. The molecule has 0 spiro atoms. The van der Waals surface area contributed by atoms with Crippen molar-refractivity contribution < 1.29 is 14.3 Å². The lowest BCUT2D eigenvalue weighted by atomic mass is 10.1. The van der Waals surface area contributed by atoms with Gasteiger partial charge in [-0.3, -0.25) is 0 Å². The van der Waals surface area contributed by atoms with Gasteiger partial charge in [0.2, 0.25) is 0 Å². The maximum absolute atomic E-state index is 11.7. The van der Waals surface area contributed by atoms with E-state index >= 15 is 0 Å². The fourth-order valence-electron chi connectivity index (χ4n) is 2.26. The summed E-state index contributed by atoms with van der Waals surface area (Å²) in [6.45, 7) is 4.43. The Bertz CT molecular complexity index is 441. The summed E-state index contributed by atoms with van der Waals surface area (Å²) >= 11 is 1.25. The van der Waals surface area contributed by atoms with Crippen molar-refractivity contribution in [3.63, 3.8) is 0 Å². The second kappa shape index (κ2) is 6.21. The molecule has 106 valence electrons. The van der Waals surface area contributed by atoms with Crippen LogP contribution in [0.3, 0.4) is 0 Å². The van der Waals surface area contributed by atoms with Gasteiger partial charge in [-0.2, -0.15) is 4.37 Å². The third kappa shape index (κ3) is 2.98. The van der Waals surface area contributed by atoms with Crippen molar-refractivity contribution in [3.05, 3.63) is 5.56 Å². The SMILES string of the molecule is CCOC1CCN(c2snc(N)c2C(=O)OC)CC1. The molecule has 6 nitrogen and oxygen atoms in total. The van der Waals surface area contributed by atoms with Crippen molar-refractivity contribution in [1.82, 2.24) is 4.37 Å². The molecule has 0 atom stereocenters. The van der Waals surface area contributed by atoms with Gasteiger partial charge in [0.15, 0.2) is 5.82 Å². The number of nitrogen functional groups attached to an aromatic ring is 1. The maximum atomic E-state index is 11.7. The Hall–Kier alpha value is -1.34. The molecule has 0 bridgehead atoms. The van der Waals surface area contributed by atoms with Crippen LogP contribution in [-0.2, 0) is 9.47 Å². The molecule has 1 aromatic rings. The highest BCUT2D eigenvalue weighted by Crippen LogP contribution is 2.33. The first-order chi connectivity index (χ1) is 9.17. The second-order valence-corrected chi connectivity index (χ2v) is 5.13. The molecule has 0 amide bonds. The van der Waals surface area contributed by atoms with Crippen LogP contribution in [0.5, 0.6) is 0 Å². The fraction of sp³-hybridized carbons (Fsp3) is 0.667. The number of aromatic nitrogens is 1. The Morgan fingerprint density at radius 3 is 2.79 bits per heavy atom. The van der Waals surface area contributed by atoms with Gasteiger partial charge in [0.1, 0.15) is 10.6 Å². The van der Waals surface area contributed by atoms with E-state index in [0.717, 1.165) is 37.5 Å². The highest BCUT2D eigenvalue weighted by Gasteiger charge is 2.27. The summed E-state index contributed by atoms with van der Waals surface area (Å²) in [5.74, 6) is -0.174. The van der Waals surface area contributed by atoms with Gasteiger partial charge in [-0.15, -0.1) is 0 Å². The van der Waals surface area contributed by atoms with E-state index in [2.05, 4.69) is 9.27 Å². The number of piperidine rings is 1. The first-order valence-electron chi connectivity index (χ1n) is 6.37. The summed E-state index contributed by atoms with van der Waals surface area (Å²) in [6.07, 6.45) is 2.21. The molecular formula is C12H19N3O3S. The predicted molar refractivity (Wildman–Crippen MR) is 74.7 cm³/mol. The van der Waals surface area contributed by atoms with Gasteiger partial charge in [-0.25, -0.2) is 4.79 Å². The molecule has 1 aliphatic rings. The number of carbonyl (C=O) groups excluding carboxylic acids is 1. The van der Waals surface area contributed by atoms with Crippen molar-refractivity contribution in [2.75, 3.05) is 37.4 Å². The van der Waals surface area contributed by atoms with Crippen LogP contribution in [-0.4, -0.2) is 43.3 Å². The average molecular weight is 285 g/mol. The fourth-order valence-corrected chi connectivity index (χ4v) is 3.12. The predicted octanol–water partition coefficient (Wildman–Crippen LogP) is 1.52. The quantitative estimate of drug-likeness (QED) is 0.845. The molecule has 0 radical (unpaired) electrons. The Morgan fingerprint density at radius 2 is 2.21 bits per heavy atom. The van der Waals surface area contributed by atoms with E-state index in [1.165, 1.54) is 18.6 Å². The largest absolute Gasteiger partial charge is 0.465 e. The first kappa shape index (κ1) is 14.1. The molecule has 0 aliphatic carbocycles. The number of nitrogens with zero attached hydrogens (tertiary/aromatic N) is 2. The number of hydrogen-bond acceptors (Lipinski definition) is 7. The van der Waals surface area contributed by atoms with Crippen molar-refractivity contribution in [2.24, 2.45) is 0 Å². The molecule has 2 rings (SSSR count). The van der Waals surface area contributed by atoms with Gasteiger partial charge in [-0.1, -0.05) is 0 Å². The molecule has 19 heavy (non-hydrogen) atoms. The Morgan fingerprint density at radius 1 is 1.53 bits per heavy atom. The van der Waals surface area contributed by atoms with Crippen LogP contribution >= 0.6 is 11.5 Å². The van der Waals surface area contributed by atoms with Crippen LogP contribution in [0.1, 0.15) is 30.1 Å². The van der Waals surface area contributed by atoms with E-state index in [4.69, 9.17) is 15.2 Å². The van der Waals surface area contributed by atoms with Crippen molar-refractivity contribution in [1.29, 1.82) is 0 Å². The standard InChI is InChI=1S/C12H19N3O3S/c1-3-18-8-4-6-15(7-5-8)11-9(12(16)17-2)10(13)14-19-11/h8H,3-7H2,1-2H3,(H2,13,14). The molecule has 1 aromatic heterocycles. The van der Waals surface area contributed by atoms with E-state index in [9.17, 15) is 4.79 Å². The third-order valence-electron chi connectivity index (χ3n) is 3.22. The molecule has 1 saturated heterocycles. The van der Waals surface area contributed by atoms with E-state index in [-0.39, 0.29) is 5.82 Å². The zero-order valence-electron chi connectivity index (χ0n) is 11.2. The van der Waals surface area contributed by atoms with E-state index < -0.39 is 5.97 Å².